The Labute approximate surface area is 121 Å². The molecule has 2 aromatic rings. The third-order valence-corrected chi connectivity index (χ3v) is 2.64. The molecule has 0 aliphatic rings. The van der Waals surface area contributed by atoms with Gasteiger partial charge in [0.2, 0.25) is 5.95 Å². The smallest absolute Gasteiger partial charge is 0.356 e. The Hall–Kier alpha value is -2.61. The molecule has 0 spiro atoms. The number of rotatable bonds is 6. The Morgan fingerprint density at radius 2 is 1.95 bits per heavy atom. The van der Waals surface area contributed by atoms with Crippen LogP contribution in [0.25, 0.3) is 5.69 Å². The van der Waals surface area contributed by atoms with E-state index in [1.807, 2.05) is 13.8 Å². The maximum atomic E-state index is 11.9. The van der Waals surface area contributed by atoms with Gasteiger partial charge in [-0.15, -0.1) is 0 Å². The van der Waals surface area contributed by atoms with Gasteiger partial charge in [-0.25, -0.2) is 15.6 Å². The van der Waals surface area contributed by atoms with Gasteiger partial charge in [0.1, 0.15) is 6.33 Å². The minimum atomic E-state index is -0.496. The average molecular weight is 291 g/mol. The van der Waals surface area contributed by atoms with Crippen molar-refractivity contribution in [3.05, 3.63) is 35.0 Å². The van der Waals surface area contributed by atoms with Crippen molar-refractivity contribution in [2.24, 2.45) is 5.84 Å². The number of hydrogen-bond acceptors (Lipinski definition) is 7. The molecule has 0 saturated carbocycles. The summed E-state index contributed by atoms with van der Waals surface area (Å²) in [4.78, 5) is 19.5. The van der Waals surface area contributed by atoms with Crippen LogP contribution in [0.5, 0.6) is 11.5 Å². The van der Waals surface area contributed by atoms with E-state index in [4.69, 9.17) is 15.3 Å². The predicted molar refractivity (Wildman–Crippen MR) is 77.8 cm³/mol. The lowest BCUT2D eigenvalue weighted by Gasteiger charge is -2.13. The lowest BCUT2D eigenvalue weighted by atomic mass is 10.2. The highest BCUT2D eigenvalue weighted by molar-refractivity contribution is 5.48. The summed E-state index contributed by atoms with van der Waals surface area (Å²) in [7, 11) is 0. The van der Waals surface area contributed by atoms with E-state index < -0.39 is 5.69 Å². The fraction of sp³-hybridized carbons (Fsp3) is 0.308. The van der Waals surface area contributed by atoms with Crippen LogP contribution in [0.1, 0.15) is 13.8 Å². The predicted octanol–water partition coefficient (Wildman–Crippen LogP) is 0.710. The molecular formula is C13H17N5O3. The largest absolute Gasteiger partial charge is 0.490 e. The molecular weight excluding hydrogens is 274 g/mol. The summed E-state index contributed by atoms with van der Waals surface area (Å²) in [6, 6.07) is 5.17. The molecule has 3 N–H and O–H groups in total. The highest BCUT2D eigenvalue weighted by Crippen LogP contribution is 2.29. The Kier molecular flexibility index (Phi) is 4.72. The summed E-state index contributed by atoms with van der Waals surface area (Å²) >= 11 is 0. The summed E-state index contributed by atoms with van der Waals surface area (Å²) in [5, 5.41) is 0. The van der Waals surface area contributed by atoms with Gasteiger partial charge in [-0.2, -0.15) is 4.98 Å². The first-order chi connectivity index (χ1) is 10.2. The number of hydrazine groups is 1. The van der Waals surface area contributed by atoms with Gasteiger partial charge in [0.15, 0.2) is 11.5 Å². The first-order valence-corrected chi connectivity index (χ1v) is 6.52. The first-order valence-electron chi connectivity index (χ1n) is 6.52. The summed E-state index contributed by atoms with van der Waals surface area (Å²) < 4.78 is 12.3. The van der Waals surface area contributed by atoms with Crippen molar-refractivity contribution < 1.29 is 9.47 Å². The van der Waals surface area contributed by atoms with E-state index in [1.165, 1.54) is 10.9 Å². The van der Waals surface area contributed by atoms with Gasteiger partial charge >= 0.3 is 5.69 Å². The molecule has 0 saturated heterocycles. The van der Waals surface area contributed by atoms with E-state index in [1.54, 1.807) is 18.2 Å². The minimum absolute atomic E-state index is 0.0622. The normalized spacial score (nSPS) is 10.2. The van der Waals surface area contributed by atoms with Crippen LogP contribution in [0, 0.1) is 0 Å². The molecule has 1 aromatic heterocycles. The van der Waals surface area contributed by atoms with Crippen molar-refractivity contribution >= 4 is 5.95 Å². The second-order valence-corrected chi connectivity index (χ2v) is 3.97. The Morgan fingerprint density at radius 1 is 1.24 bits per heavy atom. The topological polar surface area (TPSA) is 104 Å². The fourth-order valence-electron chi connectivity index (χ4n) is 1.77. The Morgan fingerprint density at radius 3 is 2.57 bits per heavy atom. The molecule has 0 aliphatic carbocycles. The molecule has 0 fully saturated rings. The standard InChI is InChI=1S/C13H17N5O3/c1-3-20-10-6-5-9(7-11(10)21-4-2)18-8-15-12(17-14)16-13(18)19/h5-8H,3-4,14H2,1-2H3,(H,16,17,19). The SMILES string of the molecule is CCOc1ccc(-n2cnc(NN)nc2=O)cc1OCC. The van der Waals surface area contributed by atoms with Gasteiger partial charge < -0.3 is 9.47 Å². The molecule has 21 heavy (non-hydrogen) atoms. The second kappa shape index (κ2) is 6.71. The van der Waals surface area contributed by atoms with E-state index in [0.717, 1.165) is 0 Å². The van der Waals surface area contributed by atoms with Crippen LogP contribution >= 0.6 is 0 Å². The number of nitrogens with one attached hydrogen (secondary N) is 1. The zero-order chi connectivity index (χ0) is 15.2. The van der Waals surface area contributed by atoms with E-state index >= 15 is 0 Å². The number of benzene rings is 1. The van der Waals surface area contributed by atoms with E-state index in [0.29, 0.717) is 30.4 Å². The third-order valence-electron chi connectivity index (χ3n) is 2.64. The van der Waals surface area contributed by atoms with Gasteiger partial charge in [-0.3, -0.25) is 9.99 Å². The zero-order valence-corrected chi connectivity index (χ0v) is 11.9. The molecule has 0 atom stereocenters. The lowest BCUT2D eigenvalue weighted by Crippen LogP contribution is -2.25. The van der Waals surface area contributed by atoms with Crippen LogP contribution < -0.4 is 26.4 Å². The molecule has 2 rings (SSSR count). The number of nitrogens with two attached hydrogens (primary N) is 1. The number of nitrogens with zero attached hydrogens (tertiary/aromatic N) is 3. The molecule has 1 heterocycles. The molecule has 0 radical (unpaired) electrons. The van der Waals surface area contributed by atoms with Crippen molar-refractivity contribution in [1.29, 1.82) is 0 Å². The van der Waals surface area contributed by atoms with Gasteiger partial charge in [-0.1, -0.05) is 0 Å². The molecule has 0 unspecified atom stereocenters. The van der Waals surface area contributed by atoms with Gasteiger partial charge in [-0.05, 0) is 26.0 Å². The quantitative estimate of drug-likeness (QED) is 0.596. The van der Waals surface area contributed by atoms with Gasteiger partial charge in [0.25, 0.3) is 0 Å². The molecule has 1 aromatic carbocycles. The first kappa shape index (κ1) is 14.8. The average Bonchev–Trinajstić information content (AvgIpc) is 2.49. The van der Waals surface area contributed by atoms with Crippen molar-refractivity contribution in [3.8, 4) is 17.2 Å². The van der Waals surface area contributed by atoms with Crippen LogP contribution in [0.2, 0.25) is 0 Å². The maximum Gasteiger partial charge on any atom is 0.356 e. The minimum Gasteiger partial charge on any atom is -0.490 e. The van der Waals surface area contributed by atoms with Crippen LogP contribution in [-0.2, 0) is 0 Å². The van der Waals surface area contributed by atoms with Crippen LogP contribution in [-0.4, -0.2) is 27.7 Å². The Bertz CT molecular complexity index is 671. The highest BCUT2D eigenvalue weighted by atomic mass is 16.5. The number of anilines is 1. The molecule has 0 bridgehead atoms. The summed E-state index contributed by atoms with van der Waals surface area (Å²) in [5.74, 6) is 6.41. The molecule has 8 nitrogen and oxygen atoms in total. The zero-order valence-electron chi connectivity index (χ0n) is 11.9. The van der Waals surface area contributed by atoms with Crippen LogP contribution in [0.4, 0.5) is 5.95 Å². The van der Waals surface area contributed by atoms with Gasteiger partial charge in [0.05, 0.1) is 18.9 Å². The van der Waals surface area contributed by atoms with E-state index in [-0.39, 0.29) is 5.95 Å². The highest BCUT2D eigenvalue weighted by Gasteiger charge is 2.09. The lowest BCUT2D eigenvalue weighted by molar-refractivity contribution is 0.287. The third kappa shape index (κ3) is 3.29. The molecule has 112 valence electrons. The summed E-state index contributed by atoms with van der Waals surface area (Å²) in [6.45, 7) is 4.78. The van der Waals surface area contributed by atoms with Crippen molar-refractivity contribution in [2.45, 2.75) is 13.8 Å². The summed E-state index contributed by atoms with van der Waals surface area (Å²) in [6.07, 6.45) is 1.34. The molecule has 0 aliphatic heterocycles. The van der Waals surface area contributed by atoms with Gasteiger partial charge in [0, 0.05) is 6.07 Å². The molecule has 0 amide bonds. The van der Waals surface area contributed by atoms with Crippen molar-refractivity contribution in [3.63, 3.8) is 0 Å². The molecule has 8 heteroatoms. The van der Waals surface area contributed by atoms with E-state index in [9.17, 15) is 4.79 Å². The van der Waals surface area contributed by atoms with Crippen LogP contribution in [0.3, 0.4) is 0 Å². The number of hydrogen-bond donors (Lipinski definition) is 2. The second-order valence-electron chi connectivity index (χ2n) is 3.97. The number of aromatic nitrogens is 3. The number of nitrogen functional groups attached to an aromatic ring is 1. The van der Waals surface area contributed by atoms with E-state index in [2.05, 4.69) is 15.4 Å². The number of ether oxygens (including phenoxy) is 2. The van der Waals surface area contributed by atoms with Crippen molar-refractivity contribution in [2.75, 3.05) is 18.6 Å². The monoisotopic (exact) mass is 291 g/mol. The maximum absolute atomic E-state index is 11.9. The Balaban J connectivity index is 2.44. The summed E-state index contributed by atoms with van der Waals surface area (Å²) in [5.41, 5.74) is 2.31. The van der Waals surface area contributed by atoms with Crippen LogP contribution in [0.15, 0.2) is 29.3 Å². The van der Waals surface area contributed by atoms with Crippen molar-refractivity contribution in [1.82, 2.24) is 14.5 Å². The fourth-order valence-corrected chi connectivity index (χ4v) is 1.77.